The highest BCUT2D eigenvalue weighted by Gasteiger charge is 2.19. The Balaban J connectivity index is 2.30. The molecule has 1 aliphatic rings. The lowest BCUT2D eigenvalue weighted by Crippen LogP contribution is -2.14. The number of nitrogens with two attached hydrogens (primary N) is 1. The molecule has 1 aliphatic carbocycles. The molecule has 0 saturated carbocycles. The Kier molecular flexibility index (Phi) is 3.42. The van der Waals surface area contributed by atoms with Crippen molar-refractivity contribution >= 4 is 0 Å². The van der Waals surface area contributed by atoms with Crippen LogP contribution in [0.5, 0.6) is 0 Å². The van der Waals surface area contributed by atoms with Gasteiger partial charge in [0, 0.05) is 0 Å². The number of fused-ring (bicyclic) bond motifs is 1. The first-order chi connectivity index (χ1) is 7.35. The zero-order valence-electron chi connectivity index (χ0n) is 9.63. The molecule has 0 aliphatic heterocycles. The molecule has 0 fully saturated rings. The second-order valence-corrected chi connectivity index (χ2v) is 4.55. The van der Waals surface area contributed by atoms with Gasteiger partial charge in [0.15, 0.2) is 0 Å². The maximum Gasteiger partial charge on any atom is -0.00714 e. The Morgan fingerprint density at radius 1 is 1.40 bits per heavy atom. The minimum Gasteiger partial charge on any atom is -0.330 e. The molecule has 0 spiro atoms. The lowest BCUT2D eigenvalue weighted by atomic mass is 9.80. The first kappa shape index (κ1) is 10.7. The molecule has 1 atom stereocenters. The summed E-state index contributed by atoms with van der Waals surface area (Å²) in [6, 6.07) is 7.02. The zero-order chi connectivity index (χ0) is 10.7. The van der Waals surface area contributed by atoms with E-state index in [9.17, 15) is 0 Å². The van der Waals surface area contributed by atoms with Crippen LogP contribution in [0.25, 0.3) is 0 Å². The molecule has 0 bridgehead atoms. The van der Waals surface area contributed by atoms with Crippen molar-refractivity contribution < 1.29 is 0 Å². The van der Waals surface area contributed by atoms with Gasteiger partial charge in [0.2, 0.25) is 0 Å². The monoisotopic (exact) mass is 203 g/mol. The van der Waals surface area contributed by atoms with E-state index in [4.69, 9.17) is 5.73 Å². The third kappa shape index (κ3) is 2.23. The van der Waals surface area contributed by atoms with Gasteiger partial charge >= 0.3 is 0 Å². The van der Waals surface area contributed by atoms with Crippen LogP contribution < -0.4 is 5.73 Å². The number of rotatable bonds is 3. The van der Waals surface area contributed by atoms with Gasteiger partial charge < -0.3 is 5.73 Å². The second-order valence-electron chi connectivity index (χ2n) is 4.55. The van der Waals surface area contributed by atoms with Crippen molar-refractivity contribution in [2.75, 3.05) is 6.54 Å². The van der Waals surface area contributed by atoms with Crippen LogP contribution in [-0.2, 0) is 12.8 Å². The van der Waals surface area contributed by atoms with Gasteiger partial charge in [-0.3, -0.25) is 0 Å². The summed E-state index contributed by atoms with van der Waals surface area (Å²) in [5.74, 6) is 0.727. The Morgan fingerprint density at radius 3 is 3.00 bits per heavy atom. The summed E-state index contributed by atoms with van der Waals surface area (Å²) in [6.07, 6.45) is 6.23. The van der Waals surface area contributed by atoms with Gasteiger partial charge in [0.1, 0.15) is 0 Å². The summed E-state index contributed by atoms with van der Waals surface area (Å²) in [5, 5.41) is 0. The average Bonchev–Trinajstić information content (AvgIpc) is 2.29. The fraction of sp³-hybridized carbons (Fsp3) is 0.571. The molecule has 1 aromatic rings. The molecule has 82 valence electrons. The number of hydrogen-bond acceptors (Lipinski definition) is 1. The third-order valence-electron chi connectivity index (χ3n) is 3.57. The van der Waals surface area contributed by atoms with Gasteiger partial charge in [-0.25, -0.2) is 0 Å². The highest BCUT2D eigenvalue weighted by molar-refractivity contribution is 5.36. The molecule has 1 nitrogen and oxygen atoms in total. The van der Waals surface area contributed by atoms with Crippen molar-refractivity contribution in [3.8, 4) is 0 Å². The largest absolute Gasteiger partial charge is 0.330 e. The smallest absolute Gasteiger partial charge is 0.00714 e. The molecule has 0 heterocycles. The Hall–Kier alpha value is -0.820. The fourth-order valence-corrected chi connectivity index (χ4v) is 2.67. The van der Waals surface area contributed by atoms with E-state index in [1.165, 1.54) is 24.8 Å². The lowest BCUT2D eigenvalue weighted by Gasteiger charge is -2.25. The van der Waals surface area contributed by atoms with Crippen molar-refractivity contribution in [1.29, 1.82) is 0 Å². The summed E-state index contributed by atoms with van der Waals surface area (Å²) in [5.41, 5.74) is 10.3. The molecule has 15 heavy (non-hydrogen) atoms. The molecule has 0 saturated heterocycles. The quantitative estimate of drug-likeness (QED) is 0.803. The Bertz CT molecular complexity index is 330. The molecule has 2 rings (SSSR count). The van der Waals surface area contributed by atoms with Gasteiger partial charge in [0.05, 0.1) is 0 Å². The minimum absolute atomic E-state index is 0.727. The maximum atomic E-state index is 5.69. The van der Waals surface area contributed by atoms with E-state index in [0.29, 0.717) is 0 Å². The molecule has 0 amide bonds. The minimum atomic E-state index is 0.727. The SMILES string of the molecule is CCc1ccc2c(c1)C(CCN)CCC2. The second kappa shape index (κ2) is 4.80. The van der Waals surface area contributed by atoms with Gasteiger partial charge in [-0.2, -0.15) is 0 Å². The van der Waals surface area contributed by atoms with Crippen molar-refractivity contribution in [3.63, 3.8) is 0 Å². The van der Waals surface area contributed by atoms with Crippen LogP contribution in [0.15, 0.2) is 18.2 Å². The summed E-state index contributed by atoms with van der Waals surface area (Å²) in [6.45, 7) is 3.04. The number of benzene rings is 1. The summed E-state index contributed by atoms with van der Waals surface area (Å²) < 4.78 is 0. The predicted molar refractivity (Wildman–Crippen MR) is 65.2 cm³/mol. The van der Waals surface area contributed by atoms with E-state index in [1.807, 2.05) is 0 Å². The Morgan fingerprint density at radius 2 is 2.27 bits per heavy atom. The van der Waals surface area contributed by atoms with E-state index in [2.05, 4.69) is 25.1 Å². The molecular weight excluding hydrogens is 182 g/mol. The topological polar surface area (TPSA) is 26.0 Å². The normalized spacial score (nSPS) is 20.0. The Labute approximate surface area is 92.7 Å². The highest BCUT2D eigenvalue weighted by Crippen LogP contribution is 2.34. The van der Waals surface area contributed by atoms with E-state index in [0.717, 1.165) is 25.3 Å². The average molecular weight is 203 g/mol. The van der Waals surface area contributed by atoms with Crippen LogP contribution in [0.3, 0.4) is 0 Å². The van der Waals surface area contributed by atoms with Crippen LogP contribution in [-0.4, -0.2) is 6.54 Å². The first-order valence-electron chi connectivity index (χ1n) is 6.17. The van der Waals surface area contributed by atoms with Gasteiger partial charge in [-0.15, -0.1) is 0 Å². The van der Waals surface area contributed by atoms with Gasteiger partial charge in [0.25, 0.3) is 0 Å². The number of aryl methyl sites for hydroxylation is 2. The van der Waals surface area contributed by atoms with Crippen molar-refractivity contribution in [2.24, 2.45) is 5.73 Å². The standard InChI is InChI=1S/C14H21N/c1-2-11-6-7-12-4-3-5-13(8-9-15)14(12)10-11/h6-7,10,13H,2-5,8-9,15H2,1H3. The molecule has 1 unspecified atom stereocenters. The van der Waals surface area contributed by atoms with Crippen LogP contribution >= 0.6 is 0 Å². The molecule has 0 radical (unpaired) electrons. The lowest BCUT2D eigenvalue weighted by molar-refractivity contribution is 0.525. The zero-order valence-corrected chi connectivity index (χ0v) is 9.63. The fourth-order valence-electron chi connectivity index (χ4n) is 2.67. The van der Waals surface area contributed by atoms with E-state index >= 15 is 0 Å². The summed E-state index contributed by atoms with van der Waals surface area (Å²) in [4.78, 5) is 0. The van der Waals surface area contributed by atoms with E-state index < -0.39 is 0 Å². The molecule has 1 aromatic carbocycles. The summed E-state index contributed by atoms with van der Waals surface area (Å²) in [7, 11) is 0. The third-order valence-corrected chi connectivity index (χ3v) is 3.57. The highest BCUT2D eigenvalue weighted by atomic mass is 14.5. The van der Waals surface area contributed by atoms with E-state index in [1.54, 1.807) is 11.1 Å². The van der Waals surface area contributed by atoms with Gasteiger partial charge in [-0.05, 0) is 61.3 Å². The van der Waals surface area contributed by atoms with Crippen molar-refractivity contribution in [1.82, 2.24) is 0 Å². The van der Waals surface area contributed by atoms with Crippen LogP contribution in [0.2, 0.25) is 0 Å². The molecular formula is C14H21N. The molecule has 1 heteroatoms. The van der Waals surface area contributed by atoms with Crippen LogP contribution in [0.1, 0.15) is 48.8 Å². The first-order valence-corrected chi connectivity index (χ1v) is 6.17. The molecule has 2 N–H and O–H groups in total. The van der Waals surface area contributed by atoms with Crippen molar-refractivity contribution in [3.05, 3.63) is 34.9 Å². The van der Waals surface area contributed by atoms with Crippen LogP contribution in [0.4, 0.5) is 0 Å². The van der Waals surface area contributed by atoms with E-state index in [-0.39, 0.29) is 0 Å². The predicted octanol–water partition coefficient (Wildman–Crippen LogP) is 3.02. The maximum absolute atomic E-state index is 5.69. The van der Waals surface area contributed by atoms with Gasteiger partial charge in [-0.1, -0.05) is 25.1 Å². The van der Waals surface area contributed by atoms with Crippen LogP contribution in [0, 0.1) is 0 Å². The number of hydrogen-bond donors (Lipinski definition) is 1. The summed E-state index contributed by atoms with van der Waals surface area (Å²) >= 11 is 0. The van der Waals surface area contributed by atoms with Crippen molar-refractivity contribution in [2.45, 2.75) is 44.9 Å². The molecule has 0 aromatic heterocycles.